The Kier molecular flexibility index (Phi) is 3.28. The van der Waals surface area contributed by atoms with E-state index in [9.17, 15) is 4.79 Å². The monoisotopic (exact) mass is 199 g/mol. The van der Waals surface area contributed by atoms with E-state index in [1.807, 2.05) is 0 Å². The van der Waals surface area contributed by atoms with Gasteiger partial charge < -0.3 is 10.8 Å². The van der Waals surface area contributed by atoms with E-state index in [4.69, 9.17) is 22.4 Å². The summed E-state index contributed by atoms with van der Waals surface area (Å²) in [5.41, 5.74) is 6.19. The van der Waals surface area contributed by atoms with Crippen LogP contribution >= 0.6 is 11.6 Å². The average molecular weight is 200 g/mol. The van der Waals surface area contributed by atoms with Crippen LogP contribution in [-0.4, -0.2) is 17.6 Å². The minimum atomic E-state index is -0.967. The Morgan fingerprint density at radius 2 is 2.23 bits per heavy atom. The smallest absolute Gasteiger partial charge is 0.336 e. The van der Waals surface area contributed by atoms with Crippen LogP contribution in [0.2, 0.25) is 5.02 Å². The van der Waals surface area contributed by atoms with E-state index in [0.717, 1.165) is 0 Å². The second-order valence-corrected chi connectivity index (χ2v) is 3.02. The van der Waals surface area contributed by atoms with Crippen molar-refractivity contribution in [2.75, 3.05) is 6.54 Å². The van der Waals surface area contributed by atoms with Gasteiger partial charge in [0, 0.05) is 5.02 Å². The number of aromatic carboxylic acids is 1. The fourth-order valence-electron chi connectivity index (χ4n) is 1.16. The molecule has 0 atom stereocenters. The molecule has 0 aromatic heterocycles. The van der Waals surface area contributed by atoms with Crippen molar-refractivity contribution in [2.45, 2.75) is 6.42 Å². The van der Waals surface area contributed by atoms with Crippen molar-refractivity contribution in [1.29, 1.82) is 0 Å². The summed E-state index contributed by atoms with van der Waals surface area (Å²) in [7, 11) is 0. The van der Waals surface area contributed by atoms with E-state index in [1.54, 1.807) is 12.1 Å². The van der Waals surface area contributed by atoms with Gasteiger partial charge in [-0.15, -0.1) is 0 Å². The number of halogens is 1. The number of carboxylic acid groups (broad SMARTS) is 1. The van der Waals surface area contributed by atoms with Gasteiger partial charge in [0.25, 0.3) is 0 Å². The fourth-order valence-corrected chi connectivity index (χ4v) is 1.43. The third kappa shape index (κ3) is 2.20. The number of carbonyl (C=O) groups is 1. The molecule has 13 heavy (non-hydrogen) atoms. The van der Waals surface area contributed by atoms with Crippen LogP contribution < -0.4 is 5.73 Å². The van der Waals surface area contributed by atoms with Crippen molar-refractivity contribution in [3.63, 3.8) is 0 Å². The topological polar surface area (TPSA) is 63.3 Å². The molecule has 3 N–H and O–H groups in total. The Hall–Kier alpha value is -1.06. The van der Waals surface area contributed by atoms with Crippen molar-refractivity contribution in [1.82, 2.24) is 0 Å². The number of carboxylic acids is 1. The molecule has 0 unspecified atom stereocenters. The quantitative estimate of drug-likeness (QED) is 0.776. The van der Waals surface area contributed by atoms with Gasteiger partial charge in [-0.25, -0.2) is 4.79 Å². The highest BCUT2D eigenvalue weighted by molar-refractivity contribution is 6.31. The molecular weight excluding hydrogens is 190 g/mol. The molecule has 0 saturated heterocycles. The van der Waals surface area contributed by atoms with Crippen molar-refractivity contribution < 1.29 is 9.90 Å². The molecule has 1 rings (SSSR count). The maximum Gasteiger partial charge on any atom is 0.336 e. The Labute approximate surface area is 81.1 Å². The summed E-state index contributed by atoms with van der Waals surface area (Å²) in [6.45, 7) is 0.393. The molecule has 4 heteroatoms. The number of nitrogens with two attached hydrogens (primary N) is 1. The SMILES string of the molecule is NCCc1c(Cl)cccc1C(=O)O. The van der Waals surface area contributed by atoms with Crippen molar-refractivity contribution >= 4 is 17.6 Å². The Morgan fingerprint density at radius 3 is 2.77 bits per heavy atom. The first-order valence-electron chi connectivity index (χ1n) is 3.87. The van der Waals surface area contributed by atoms with Gasteiger partial charge in [0.1, 0.15) is 0 Å². The summed E-state index contributed by atoms with van der Waals surface area (Å²) >= 11 is 5.83. The van der Waals surface area contributed by atoms with Gasteiger partial charge in [-0.2, -0.15) is 0 Å². The first-order valence-corrected chi connectivity index (χ1v) is 4.25. The van der Waals surface area contributed by atoms with Crippen LogP contribution in [0, 0.1) is 0 Å². The lowest BCUT2D eigenvalue weighted by atomic mass is 10.0. The summed E-state index contributed by atoms with van der Waals surface area (Å²) in [6.07, 6.45) is 0.487. The summed E-state index contributed by atoms with van der Waals surface area (Å²) in [4.78, 5) is 10.7. The molecule has 0 aliphatic rings. The molecule has 0 amide bonds. The highest BCUT2D eigenvalue weighted by Crippen LogP contribution is 2.20. The van der Waals surface area contributed by atoms with Crippen molar-refractivity contribution in [3.8, 4) is 0 Å². The molecule has 1 aromatic carbocycles. The number of rotatable bonds is 3. The number of benzene rings is 1. The average Bonchev–Trinajstić information content (AvgIpc) is 2.08. The molecule has 1 aromatic rings. The second-order valence-electron chi connectivity index (χ2n) is 2.61. The molecule has 0 aliphatic heterocycles. The zero-order valence-corrected chi connectivity index (χ0v) is 7.71. The van der Waals surface area contributed by atoms with Crippen LogP contribution in [0.25, 0.3) is 0 Å². The van der Waals surface area contributed by atoms with E-state index in [0.29, 0.717) is 23.6 Å². The molecule has 0 bridgehead atoms. The second kappa shape index (κ2) is 4.25. The van der Waals surface area contributed by atoms with Gasteiger partial charge >= 0.3 is 5.97 Å². The van der Waals surface area contributed by atoms with Gasteiger partial charge in [0.15, 0.2) is 0 Å². The molecule has 0 aliphatic carbocycles. The van der Waals surface area contributed by atoms with Gasteiger partial charge in [-0.3, -0.25) is 0 Å². The summed E-state index contributed by atoms with van der Waals surface area (Å²) in [6, 6.07) is 4.81. The highest BCUT2D eigenvalue weighted by atomic mass is 35.5. The van der Waals surface area contributed by atoms with Gasteiger partial charge in [0.2, 0.25) is 0 Å². The number of hydrogen-bond donors (Lipinski definition) is 2. The van der Waals surface area contributed by atoms with Crippen LogP contribution in [0.5, 0.6) is 0 Å². The normalized spacial score (nSPS) is 10.0. The van der Waals surface area contributed by atoms with Crippen LogP contribution in [0.1, 0.15) is 15.9 Å². The van der Waals surface area contributed by atoms with Crippen LogP contribution in [0.3, 0.4) is 0 Å². The lowest BCUT2D eigenvalue weighted by Gasteiger charge is -2.05. The standard InChI is InChI=1S/C9H10ClNO2/c10-8-3-1-2-7(9(12)13)6(8)4-5-11/h1-3H,4-5,11H2,(H,12,13). The Morgan fingerprint density at radius 1 is 1.54 bits per heavy atom. The summed E-state index contributed by atoms with van der Waals surface area (Å²) in [5.74, 6) is -0.967. The third-order valence-electron chi connectivity index (χ3n) is 1.74. The largest absolute Gasteiger partial charge is 0.478 e. The Bertz CT molecular complexity index is 325. The number of hydrogen-bond acceptors (Lipinski definition) is 2. The lowest BCUT2D eigenvalue weighted by Crippen LogP contribution is -2.09. The first kappa shape index (κ1) is 10.0. The van der Waals surface area contributed by atoms with Crippen LogP contribution in [-0.2, 0) is 6.42 Å². The lowest BCUT2D eigenvalue weighted by molar-refractivity contribution is 0.0695. The highest BCUT2D eigenvalue weighted by Gasteiger charge is 2.11. The Balaban J connectivity index is 3.17. The van der Waals surface area contributed by atoms with E-state index in [2.05, 4.69) is 0 Å². The molecule has 0 heterocycles. The van der Waals surface area contributed by atoms with E-state index in [-0.39, 0.29) is 5.56 Å². The predicted octanol–water partition coefficient (Wildman–Crippen LogP) is 1.54. The van der Waals surface area contributed by atoms with E-state index < -0.39 is 5.97 Å². The molecular formula is C9H10ClNO2. The van der Waals surface area contributed by atoms with Crippen molar-refractivity contribution in [3.05, 3.63) is 34.3 Å². The minimum Gasteiger partial charge on any atom is -0.478 e. The molecule has 0 fully saturated rings. The zero-order chi connectivity index (χ0) is 9.84. The third-order valence-corrected chi connectivity index (χ3v) is 2.10. The molecule has 0 spiro atoms. The van der Waals surface area contributed by atoms with Crippen molar-refractivity contribution in [2.24, 2.45) is 5.73 Å². The molecule has 3 nitrogen and oxygen atoms in total. The van der Waals surface area contributed by atoms with E-state index in [1.165, 1.54) is 6.07 Å². The predicted molar refractivity (Wildman–Crippen MR) is 51.2 cm³/mol. The zero-order valence-electron chi connectivity index (χ0n) is 6.96. The van der Waals surface area contributed by atoms with E-state index >= 15 is 0 Å². The summed E-state index contributed by atoms with van der Waals surface area (Å²) in [5, 5.41) is 9.28. The summed E-state index contributed by atoms with van der Waals surface area (Å²) < 4.78 is 0. The van der Waals surface area contributed by atoms with Gasteiger partial charge in [0.05, 0.1) is 5.56 Å². The molecule has 70 valence electrons. The fraction of sp³-hybridized carbons (Fsp3) is 0.222. The molecule has 0 saturated carbocycles. The molecule has 0 radical (unpaired) electrons. The minimum absolute atomic E-state index is 0.234. The maximum atomic E-state index is 10.7. The van der Waals surface area contributed by atoms with Gasteiger partial charge in [-0.1, -0.05) is 17.7 Å². The first-order chi connectivity index (χ1) is 6.16. The van der Waals surface area contributed by atoms with Crippen LogP contribution in [0.15, 0.2) is 18.2 Å². The van der Waals surface area contributed by atoms with Gasteiger partial charge in [-0.05, 0) is 30.7 Å². The van der Waals surface area contributed by atoms with Crippen LogP contribution in [0.4, 0.5) is 0 Å². The maximum absolute atomic E-state index is 10.7.